The van der Waals surface area contributed by atoms with Crippen LogP contribution in [0.25, 0.3) is 0 Å². The molecule has 0 unspecified atom stereocenters. The van der Waals surface area contributed by atoms with Gasteiger partial charge in [0, 0.05) is 0 Å². The lowest BCUT2D eigenvalue weighted by Crippen LogP contribution is -2.53. The molecule has 0 spiro atoms. The Labute approximate surface area is 118 Å². The minimum absolute atomic E-state index is 0.322. The van der Waals surface area contributed by atoms with Crippen LogP contribution in [0.5, 0.6) is 0 Å². The van der Waals surface area contributed by atoms with Gasteiger partial charge in [0.2, 0.25) is 0 Å². The second-order valence-corrected chi connectivity index (χ2v) is 17.9. The molecular formula is C15H36OSi2. The maximum absolute atomic E-state index is 6.63. The second kappa shape index (κ2) is 6.53. The van der Waals surface area contributed by atoms with Gasteiger partial charge in [0.15, 0.2) is 16.6 Å². The summed E-state index contributed by atoms with van der Waals surface area (Å²) in [6.45, 7) is 28.5. The van der Waals surface area contributed by atoms with Gasteiger partial charge in [0.05, 0.1) is 0 Å². The molecule has 0 amide bonds. The first kappa shape index (κ1) is 20.5. The van der Waals surface area contributed by atoms with Gasteiger partial charge < -0.3 is 4.12 Å². The van der Waals surface area contributed by atoms with Crippen LogP contribution in [0, 0.1) is 0 Å². The average molecular weight is 289 g/mol. The summed E-state index contributed by atoms with van der Waals surface area (Å²) in [5, 5.41) is 0.644. The Bertz CT molecular complexity index is 231. The molecule has 0 heterocycles. The van der Waals surface area contributed by atoms with Crippen molar-refractivity contribution in [3.8, 4) is 0 Å². The number of hydrogen-bond acceptors (Lipinski definition) is 1. The van der Waals surface area contributed by atoms with Gasteiger partial charge in [-0.15, -0.1) is 6.58 Å². The lowest BCUT2D eigenvalue weighted by atomic mass is 10.2. The van der Waals surface area contributed by atoms with E-state index in [0.29, 0.717) is 10.1 Å². The van der Waals surface area contributed by atoms with Crippen molar-refractivity contribution in [2.75, 3.05) is 0 Å². The summed E-state index contributed by atoms with van der Waals surface area (Å²) in [6.07, 6.45) is 1.75. The molecule has 0 rings (SSSR count). The van der Waals surface area contributed by atoms with Crippen molar-refractivity contribution >= 4 is 16.6 Å². The van der Waals surface area contributed by atoms with Gasteiger partial charge in [0.1, 0.15) is 0 Å². The summed E-state index contributed by atoms with van der Waals surface area (Å²) in [5.74, 6) is 0. The predicted octanol–water partition coefficient (Wildman–Crippen LogP) is 6.21. The Morgan fingerprint density at radius 2 is 0.944 bits per heavy atom. The highest BCUT2D eigenvalue weighted by atomic mass is 28.4. The van der Waals surface area contributed by atoms with E-state index in [1.165, 1.54) is 0 Å². The molecule has 1 nitrogen and oxygen atoms in total. The molecule has 0 atom stereocenters. The predicted molar refractivity (Wildman–Crippen MR) is 91.4 cm³/mol. The normalized spacial score (nSPS) is 13.7. The van der Waals surface area contributed by atoms with Crippen molar-refractivity contribution in [1.82, 2.24) is 0 Å². The van der Waals surface area contributed by atoms with Gasteiger partial charge in [-0.2, -0.15) is 0 Å². The molecule has 3 heteroatoms. The zero-order chi connectivity index (χ0) is 15.4. The summed E-state index contributed by atoms with van der Waals surface area (Å²) >= 11 is 0. The van der Waals surface area contributed by atoms with Crippen molar-refractivity contribution in [2.24, 2.45) is 0 Å². The van der Waals surface area contributed by atoms with E-state index < -0.39 is 16.6 Å². The fraction of sp³-hybridized carbons (Fsp3) is 0.867. The highest BCUT2D eigenvalue weighted by Crippen LogP contribution is 2.44. The minimum Gasteiger partial charge on any atom is -0.455 e. The van der Waals surface area contributed by atoms with E-state index in [1.807, 2.05) is 6.92 Å². The fourth-order valence-corrected chi connectivity index (χ4v) is 8.50. The zero-order valence-electron chi connectivity index (χ0n) is 14.7. The van der Waals surface area contributed by atoms with Crippen LogP contribution in [0.4, 0.5) is 0 Å². The van der Waals surface area contributed by atoms with E-state index >= 15 is 0 Å². The second-order valence-electron chi connectivity index (χ2n) is 8.03. The molecule has 0 aliphatic carbocycles. The minimum atomic E-state index is -1.59. The third-order valence-corrected chi connectivity index (χ3v) is 15.4. The van der Waals surface area contributed by atoms with Crippen LogP contribution in [-0.4, -0.2) is 16.6 Å². The molecule has 0 aromatic heterocycles. The summed E-state index contributed by atoms with van der Waals surface area (Å²) in [6, 6.07) is 0. The standard InChI is InChI=1S/C12H30OSi2.C3H6/c1-11(2,3)14(7,8)13-15(9,10)12(4,5)6;1-3-2/h1-10H3;3H,1H2,2H3. The number of allylic oxidation sites excluding steroid dienone is 1. The first-order valence-electron chi connectivity index (χ1n) is 6.89. The molecule has 18 heavy (non-hydrogen) atoms. The van der Waals surface area contributed by atoms with E-state index in [9.17, 15) is 0 Å². The number of rotatable bonds is 2. The van der Waals surface area contributed by atoms with Gasteiger partial charge in [-0.3, -0.25) is 0 Å². The van der Waals surface area contributed by atoms with Gasteiger partial charge in [-0.1, -0.05) is 47.6 Å². The van der Waals surface area contributed by atoms with Crippen LogP contribution in [0.1, 0.15) is 48.5 Å². The molecule has 0 saturated heterocycles. The summed E-state index contributed by atoms with van der Waals surface area (Å²) in [7, 11) is -3.18. The van der Waals surface area contributed by atoms with E-state index in [2.05, 4.69) is 74.3 Å². The van der Waals surface area contributed by atoms with E-state index in [1.54, 1.807) is 6.08 Å². The molecule has 0 saturated carbocycles. The molecule has 0 aliphatic rings. The maximum atomic E-state index is 6.63. The first-order valence-corrected chi connectivity index (χ1v) is 12.7. The molecule has 0 N–H and O–H groups in total. The van der Waals surface area contributed by atoms with Crippen LogP contribution in [0.3, 0.4) is 0 Å². The Hall–Kier alpha value is 0.134. The van der Waals surface area contributed by atoms with Gasteiger partial charge in [-0.25, -0.2) is 0 Å². The molecule has 0 aromatic carbocycles. The summed E-state index contributed by atoms with van der Waals surface area (Å²) < 4.78 is 6.63. The van der Waals surface area contributed by atoms with Crippen molar-refractivity contribution in [3.63, 3.8) is 0 Å². The van der Waals surface area contributed by atoms with Crippen molar-refractivity contribution in [3.05, 3.63) is 12.7 Å². The molecule has 0 aliphatic heterocycles. The molecule has 0 radical (unpaired) electrons. The Morgan fingerprint density at radius 3 is 1.06 bits per heavy atom. The smallest absolute Gasteiger partial charge is 0.178 e. The Balaban J connectivity index is 0. The van der Waals surface area contributed by atoms with E-state index in [-0.39, 0.29) is 0 Å². The van der Waals surface area contributed by atoms with Crippen LogP contribution >= 0.6 is 0 Å². The van der Waals surface area contributed by atoms with Crippen LogP contribution in [0.15, 0.2) is 12.7 Å². The maximum Gasteiger partial charge on any atom is 0.178 e. The van der Waals surface area contributed by atoms with Gasteiger partial charge in [0.25, 0.3) is 0 Å². The average Bonchev–Trinajstić information content (AvgIpc) is 1.98. The number of hydrogen-bond donors (Lipinski definition) is 0. The molecule has 0 aromatic rings. The highest BCUT2D eigenvalue weighted by molar-refractivity contribution is 6.87. The Morgan fingerprint density at radius 1 is 0.778 bits per heavy atom. The molecule has 110 valence electrons. The van der Waals surface area contributed by atoms with Crippen molar-refractivity contribution in [2.45, 2.75) is 84.7 Å². The third-order valence-electron chi connectivity index (χ3n) is 4.12. The molecular weight excluding hydrogens is 252 g/mol. The van der Waals surface area contributed by atoms with Crippen molar-refractivity contribution < 1.29 is 4.12 Å². The van der Waals surface area contributed by atoms with Crippen LogP contribution in [0.2, 0.25) is 36.3 Å². The monoisotopic (exact) mass is 288 g/mol. The lowest BCUT2D eigenvalue weighted by Gasteiger charge is -2.47. The lowest BCUT2D eigenvalue weighted by molar-refractivity contribution is 0.449. The Kier molecular flexibility index (Phi) is 7.42. The SMILES string of the molecule is C=CC.CC(C)(C)[Si](C)(C)O[Si](C)(C)C(C)(C)C. The summed E-state index contributed by atoms with van der Waals surface area (Å²) in [4.78, 5) is 0. The van der Waals surface area contributed by atoms with Gasteiger partial charge >= 0.3 is 0 Å². The summed E-state index contributed by atoms with van der Waals surface area (Å²) in [5.41, 5.74) is 0. The van der Waals surface area contributed by atoms with E-state index in [4.69, 9.17) is 4.12 Å². The van der Waals surface area contributed by atoms with E-state index in [0.717, 1.165) is 0 Å². The molecule has 0 fully saturated rings. The largest absolute Gasteiger partial charge is 0.455 e. The van der Waals surface area contributed by atoms with Gasteiger partial charge in [-0.05, 0) is 43.2 Å². The fourth-order valence-electron chi connectivity index (χ4n) is 0.944. The quantitative estimate of drug-likeness (QED) is 0.434. The third kappa shape index (κ3) is 6.34. The van der Waals surface area contributed by atoms with Crippen molar-refractivity contribution in [1.29, 1.82) is 0 Å². The zero-order valence-corrected chi connectivity index (χ0v) is 16.7. The van der Waals surface area contributed by atoms with Crippen LogP contribution in [-0.2, 0) is 4.12 Å². The topological polar surface area (TPSA) is 9.23 Å². The molecule has 0 bridgehead atoms. The van der Waals surface area contributed by atoms with Crippen LogP contribution < -0.4 is 0 Å². The first-order chi connectivity index (χ1) is 7.62. The highest BCUT2D eigenvalue weighted by Gasteiger charge is 2.46.